The maximum absolute atomic E-state index is 12.4. The average Bonchev–Trinajstić information content (AvgIpc) is 3.20. The molecule has 0 bridgehead atoms. The van der Waals surface area contributed by atoms with Gasteiger partial charge in [0, 0.05) is 30.2 Å². The van der Waals surface area contributed by atoms with Crippen LogP contribution >= 0.6 is 11.3 Å². The Hall–Kier alpha value is -1.62. The van der Waals surface area contributed by atoms with Crippen molar-refractivity contribution in [2.45, 2.75) is 44.7 Å². The van der Waals surface area contributed by atoms with Crippen LogP contribution < -0.4 is 0 Å². The van der Waals surface area contributed by atoms with Crippen LogP contribution in [0.1, 0.15) is 30.6 Å². The monoisotopic (exact) mass is 303 g/mol. The van der Waals surface area contributed by atoms with Crippen LogP contribution in [0.2, 0.25) is 0 Å². The van der Waals surface area contributed by atoms with E-state index in [2.05, 4.69) is 27.5 Å². The molecule has 1 atom stereocenters. The first-order valence-corrected chi connectivity index (χ1v) is 8.50. The van der Waals surface area contributed by atoms with Gasteiger partial charge in [-0.3, -0.25) is 9.48 Å². The highest BCUT2D eigenvalue weighted by atomic mass is 32.1. The molecule has 1 saturated heterocycles. The Kier molecular flexibility index (Phi) is 4.70. The zero-order chi connectivity index (χ0) is 14.5. The molecule has 0 N–H and O–H groups in total. The summed E-state index contributed by atoms with van der Waals surface area (Å²) in [5.74, 6) is 0.307. The first kappa shape index (κ1) is 14.3. The SMILES string of the molecule is O=C(CCCc1cccs1)N1CCCC1Cn1cccn1. The first-order chi connectivity index (χ1) is 10.3. The summed E-state index contributed by atoms with van der Waals surface area (Å²) in [7, 11) is 0. The molecule has 0 aliphatic carbocycles. The normalized spacial score (nSPS) is 18.3. The largest absolute Gasteiger partial charge is 0.338 e. The zero-order valence-corrected chi connectivity index (χ0v) is 13.0. The summed E-state index contributed by atoms with van der Waals surface area (Å²) in [4.78, 5) is 15.9. The van der Waals surface area contributed by atoms with Crippen molar-refractivity contribution in [1.82, 2.24) is 14.7 Å². The van der Waals surface area contributed by atoms with Gasteiger partial charge in [0.2, 0.25) is 5.91 Å². The van der Waals surface area contributed by atoms with Gasteiger partial charge in [0.1, 0.15) is 0 Å². The van der Waals surface area contributed by atoms with E-state index in [1.807, 2.05) is 16.9 Å². The minimum Gasteiger partial charge on any atom is -0.338 e. The predicted octanol–water partition coefficient (Wildman–Crippen LogP) is 2.96. The lowest BCUT2D eigenvalue weighted by atomic mass is 10.1. The van der Waals surface area contributed by atoms with E-state index in [0.29, 0.717) is 18.4 Å². The molecule has 0 spiro atoms. The number of carbonyl (C=O) groups is 1. The Morgan fingerprint density at radius 2 is 2.38 bits per heavy atom. The number of likely N-dealkylation sites (tertiary alicyclic amines) is 1. The first-order valence-electron chi connectivity index (χ1n) is 7.62. The lowest BCUT2D eigenvalue weighted by Gasteiger charge is -2.24. The van der Waals surface area contributed by atoms with Gasteiger partial charge in [-0.15, -0.1) is 11.3 Å². The Labute approximate surface area is 129 Å². The van der Waals surface area contributed by atoms with Gasteiger partial charge in [0.25, 0.3) is 0 Å². The lowest BCUT2D eigenvalue weighted by Crippen LogP contribution is -2.38. The van der Waals surface area contributed by atoms with Gasteiger partial charge >= 0.3 is 0 Å². The molecular formula is C16H21N3OS. The summed E-state index contributed by atoms with van der Waals surface area (Å²) in [5, 5.41) is 6.34. The molecule has 1 aliphatic rings. The molecule has 0 saturated carbocycles. The number of carbonyl (C=O) groups excluding carboxylic acids is 1. The number of rotatable bonds is 6. The Morgan fingerprint density at radius 1 is 1.43 bits per heavy atom. The van der Waals surface area contributed by atoms with Crippen molar-refractivity contribution in [3.63, 3.8) is 0 Å². The van der Waals surface area contributed by atoms with Crippen LogP contribution in [0.5, 0.6) is 0 Å². The van der Waals surface area contributed by atoms with Gasteiger partial charge in [-0.1, -0.05) is 6.07 Å². The summed E-state index contributed by atoms with van der Waals surface area (Å²) >= 11 is 1.77. The molecule has 21 heavy (non-hydrogen) atoms. The third-order valence-electron chi connectivity index (χ3n) is 4.05. The molecular weight excluding hydrogens is 282 g/mol. The fourth-order valence-corrected chi connectivity index (χ4v) is 3.74. The molecule has 3 heterocycles. The van der Waals surface area contributed by atoms with Crippen molar-refractivity contribution >= 4 is 17.2 Å². The molecule has 4 nitrogen and oxygen atoms in total. The van der Waals surface area contributed by atoms with Crippen molar-refractivity contribution in [2.75, 3.05) is 6.54 Å². The van der Waals surface area contributed by atoms with E-state index in [1.165, 1.54) is 4.88 Å². The molecule has 0 radical (unpaired) electrons. The second kappa shape index (κ2) is 6.89. The number of amides is 1. The summed E-state index contributed by atoms with van der Waals surface area (Å²) in [6, 6.07) is 6.47. The quantitative estimate of drug-likeness (QED) is 0.823. The van der Waals surface area contributed by atoms with E-state index in [4.69, 9.17) is 0 Å². The average molecular weight is 303 g/mol. The van der Waals surface area contributed by atoms with E-state index >= 15 is 0 Å². The van der Waals surface area contributed by atoms with Crippen molar-refractivity contribution in [3.8, 4) is 0 Å². The topological polar surface area (TPSA) is 38.1 Å². The predicted molar refractivity (Wildman–Crippen MR) is 84.2 cm³/mol. The van der Waals surface area contributed by atoms with Crippen LogP contribution in [0, 0.1) is 0 Å². The summed E-state index contributed by atoms with van der Waals surface area (Å²) < 4.78 is 1.93. The van der Waals surface area contributed by atoms with Crippen LogP contribution in [0.15, 0.2) is 36.0 Å². The zero-order valence-electron chi connectivity index (χ0n) is 12.1. The van der Waals surface area contributed by atoms with Crippen molar-refractivity contribution in [3.05, 3.63) is 40.8 Å². The van der Waals surface area contributed by atoms with E-state index in [9.17, 15) is 4.79 Å². The third-order valence-corrected chi connectivity index (χ3v) is 4.98. The van der Waals surface area contributed by atoms with Gasteiger partial charge in [-0.05, 0) is 43.2 Å². The molecule has 5 heteroatoms. The number of hydrogen-bond acceptors (Lipinski definition) is 3. The van der Waals surface area contributed by atoms with Gasteiger partial charge in [0.15, 0.2) is 0 Å². The second-order valence-corrected chi connectivity index (χ2v) is 6.58. The van der Waals surface area contributed by atoms with Crippen LogP contribution in [0.4, 0.5) is 0 Å². The third kappa shape index (κ3) is 3.73. The van der Waals surface area contributed by atoms with Crippen molar-refractivity contribution < 1.29 is 4.79 Å². The number of nitrogens with zero attached hydrogens (tertiary/aromatic N) is 3. The summed E-state index contributed by atoms with van der Waals surface area (Å²) in [6.45, 7) is 1.73. The maximum Gasteiger partial charge on any atom is 0.222 e. The van der Waals surface area contributed by atoms with Crippen molar-refractivity contribution in [1.29, 1.82) is 0 Å². The van der Waals surface area contributed by atoms with E-state index in [-0.39, 0.29) is 0 Å². The standard InChI is InChI=1S/C16H21N3OS/c20-16(8-1-6-15-7-3-12-21-15)19-11-2-5-14(19)13-18-10-4-9-17-18/h3-4,7,9-10,12,14H,1-2,5-6,8,11,13H2. The smallest absolute Gasteiger partial charge is 0.222 e. The molecule has 1 fully saturated rings. The van der Waals surface area contributed by atoms with Gasteiger partial charge in [-0.25, -0.2) is 0 Å². The Bertz CT molecular complexity index is 550. The Balaban J connectivity index is 1.48. The van der Waals surface area contributed by atoms with E-state index in [0.717, 1.165) is 38.8 Å². The number of aromatic nitrogens is 2. The van der Waals surface area contributed by atoms with E-state index < -0.39 is 0 Å². The lowest BCUT2D eigenvalue weighted by molar-refractivity contribution is -0.132. The molecule has 1 amide bonds. The minimum absolute atomic E-state index is 0.307. The van der Waals surface area contributed by atoms with Crippen LogP contribution in [-0.4, -0.2) is 33.2 Å². The minimum atomic E-state index is 0.307. The Morgan fingerprint density at radius 3 is 3.14 bits per heavy atom. The van der Waals surface area contributed by atoms with Gasteiger partial charge in [-0.2, -0.15) is 5.10 Å². The number of thiophene rings is 1. The van der Waals surface area contributed by atoms with Crippen molar-refractivity contribution in [2.24, 2.45) is 0 Å². The molecule has 2 aromatic heterocycles. The van der Waals surface area contributed by atoms with Crippen LogP contribution in [-0.2, 0) is 17.8 Å². The summed E-state index contributed by atoms with van der Waals surface area (Å²) in [6.07, 6.45) is 8.60. The number of hydrogen-bond donors (Lipinski definition) is 0. The van der Waals surface area contributed by atoms with Gasteiger partial charge < -0.3 is 4.90 Å². The highest BCUT2D eigenvalue weighted by molar-refractivity contribution is 7.09. The van der Waals surface area contributed by atoms with Crippen LogP contribution in [0.3, 0.4) is 0 Å². The second-order valence-electron chi connectivity index (χ2n) is 5.54. The molecule has 1 aliphatic heterocycles. The van der Waals surface area contributed by atoms with E-state index in [1.54, 1.807) is 17.5 Å². The number of aryl methyl sites for hydroxylation is 1. The highest BCUT2D eigenvalue weighted by Crippen LogP contribution is 2.21. The summed E-state index contributed by atoms with van der Waals surface area (Å²) in [5.41, 5.74) is 0. The maximum atomic E-state index is 12.4. The highest BCUT2D eigenvalue weighted by Gasteiger charge is 2.28. The molecule has 112 valence electrons. The molecule has 2 aromatic rings. The molecule has 0 aromatic carbocycles. The molecule has 1 unspecified atom stereocenters. The van der Waals surface area contributed by atoms with Crippen LogP contribution in [0.25, 0.3) is 0 Å². The fourth-order valence-electron chi connectivity index (χ4n) is 2.99. The fraction of sp³-hybridized carbons (Fsp3) is 0.500. The van der Waals surface area contributed by atoms with Gasteiger partial charge in [0.05, 0.1) is 12.6 Å². The molecule has 3 rings (SSSR count).